The predicted octanol–water partition coefficient (Wildman–Crippen LogP) is 0.863. The van der Waals surface area contributed by atoms with E-state index in [0.717, 1.165) is 6.42 Å². The summed E-state index contributed by atoms with van der Waals surface area (Å²) in [6.45, 7) is 2.05. The van der Waals surface area contributed by atoms with Gasteiger partial charge in [-0.15, -0.1) is 0 Å². The third-order valence-electron chi connectivity index (χ3n) is 2.84. The van der Waals surface area contributed by atoms with Crippen molar-refractivity contribution in [2.75, 3.05) is 0 Å². The Kier molecular flexibility index (Phi) is 4.98. The molecule has 1 rings (SSSR count). The van der Waals surface area contributed by atoms with Crippen LogP contribution in [0.25, 0.3) is 0 Å². The van der Waals surface area contributed by atoms with Gasteiger partial charge >= 0.3 is 6.03 Å². The number of hydrogen-bond donors (Lipinski definition) is 3. The molecular weight excluding hydrogens is 206 g/mol. The maximum absolute atomic E-state index is 11.6. The lowest BCUT2D eigenvalue weighted by molar-refractivity contribution is -0.120. The molecule has 0 saturated heterocycles. The van der Waals surface area contributed by atoms with E-state index in [1.165, 1.54) is 0 Å². The van der Waals surface area contributed by atoms with Gasteiger partial charge in [0.2, 0.25) is 0 Å². The van der Waals surface area contributed by atoms with E-state index in [0.29, 0.717) is 19.3 Å². The van der Waals surface area contributed by atoms with Crippen LogP contribution in [-0.4, -0.2) is 17.9 Å². The number of nitrogens with two attached hydrogens (primary N) is 1. The van der Waals surface area contributed by atoms with Crippen molar-refractivity contribution < 1.29 is 9.59 Å². The molecule has 90 valence electrons. The fourth-order valence-corrected chi connectivity index (χ4v) is 2.00. The molecule has 2 unspecified atom stereocenters. The summed E-state index contributed by atoms with van der Waals surface area (Å²) in [5.41, 5.74) is 2.02. The van der Waals surface area contributed by atoms with E-state index < -0.39 is 6.03 Å². The van der Waals surface area contributed by atoms with Crippen molar-refractivity contribution in [2.45, 2.75) is 38.6 Å². The first-order chi connectivity index (χ1) is 7.69. The van der Waals surface area contributed by atoms with Crippen molar-refractivity contribution in [3.63, 3.8) is 0 Å². The van der Waals surface area contributed by atoms with Crippen LogP contribution in [0, 0.1) is 5.92 Å². The van der Waals surface area contributed by atoms with Gasteiger partial charge in [-0.2, -0.15) is 0 Å². The first-order valence-electron chi connectivity index (χ1n) is 5.63. The lowest BCUT2D eigenvalue weighted by Gasteiger charge is -2.18. The molecule has 1 aliphatic rings. The number of carbonyl (C=O) groups is 2. The van der Waals surface area contributed by atoms with E-state index in [4.69, 9.17) is 5.84 Å². The van der Waals surface area contributed by atoms with Crippen molar-refractivity contribution >= 4 is 11.8 Å². The largest absolute Gasteiger partial charge is 0.334 e. The molecule has 0 aromatic carbocycles. The van der Waals surface area contributed by atoms with Crippen molar-refractivity contribution in [3.05, 3.63) is 12.2 Å². The molecule has 0 aliphatic heterocycles. The summed E-state index contributed by atoms with van der Waals surface area (Å²) >= 11 is 0. The standard InChI is InChI=1S/C11H19N3O2/c1-2-3-4-5-8-9(6-7-10(8)15)13-11(16)14-12/h3-4,8-9H,2,5-7,12H2,1H3,(H2,13,14,16)/b4-3+. The lowest BCUT2D eigenvalue weighted by atomic mass is 9.98. The van der Waals surface area contributed by atoms with E-state index in [1.807, 2.05) is 24.5 Å². The van der Waals surface area contributed by atoms with Crippen LogP contribution >= 0.6 is 0 Å². The van der Waals surface area contributed by atoms with Gasteiger partial charge in [-0.3, -0.25) is 10.2 Å². The fraction of sp³-hybridized carbons (Fsp3) is 0.636. The molecule has 5 nitrogen and oxygen atoms in total. The summed E-state index contributed by atoms with van der Waals surface area (Å²) in [5, 5.41) is 2.71. The number of Topliss-reactive ketones (excluding diaryl/α,β-unsaturated/α-hetero) is 1. The minimum Gasteiger partial charge on any atom is -0.334 e. The molecule has 1 fully saturated rings. The van der Waals surface area contributed by atoms with Crippen LogP contribution in [0.1, 0.15) is 32.6 Å². The first-order valence-corrected chi connectivity index (χ1v) is 5.63. The van der Waals surface area contributed by atoms with Gasteiger partial charge in [0.05, 0.1) is 0 Å². The normalized spacial score (nSPS) is 25.0. The monoisotopic (exact) mass is 225 g/mol. The highest BCUT2D eigenvalue weighted by molar-refractivity contribution is 5.85. The molecular formula is C11H19N3O2. The zero-order valence-electron chi connectivity index (χ0n) is 9.53. The number of hydrazine groups is 1. The van der Waals surface area contributed by atoms with Crippen LogP contribution in [0.15, 0.2) is 12.2 Å². The number of amides is 2. The van der Waals surface area contributed by atoms with Crippen LogP contribution in [0.5, 0.6) is 0 Å². The fourth-order valence-electron chi connectivity index (χ4n) is 2.00. The van der Waals surface area contributed by atoms with Crippen molar-refractivity contribution in [1.29, 1.82) is 0 Å². The smallest absolute Gasteiger partial charge is 0.329 e. The Bertz CT molecular complexity index is 289. The number of hydrogen-bond acceptors (Lipinski definition) is 3. The number of carbonyl (C=O) groups excluding carboxylic acids is 2. The molecule has 2 atom stereocenters. The van der Waals surface area contributed by atoms with Crippen molar-refractivity contribution in [3.8, 4) is 0 Å². The van der Waals surface area contributed by atoms with Gasteiger partial charge in [-0.1, -0.05) is 19.1 Å². The Hall–Kier alpha value is -1.36. The molecule has 5 heteroatoms. The molecule has 4 N–H and O–H groups in total. The van der Waals surface area contributed by atoms with Gasteiger partial charge in [0.15, 0.2) is 0 Å². The second kappa shape index (κ2) is 6.27. The summed E-state index contributed by atoms with van der Waals surface area (Å²) < 4.78 is 0. The molecule has 0 radical (unpaired) electrons. The quantitative estimate of drug-likeness (QED) is 0.287. The lowest BCUT2D eigenvalue weighted by Crippen LogP contribution is -2.46. The molecule has 16 heavy (non-hydrogen) atoms. The highest BCUT2D eigenvalue weighted by Crippen LogP contribution is 2.25. The minimum absolute atomic E-state index is 0.0856. The van der Waals surface area contributed by atoms with E-state index in [2.05, 4.69) is 5.32 Å². The Morgan fingerprint density at radius 1 is 1.56 bits per heavy atom. The average Bonchev–Trinajstić information content (AvgIpc) is 2.61. The van der Waals surface area contributed by atoms with Gasteiger partial charge in [0, 0.05) is 18.4 Å². The summed E-state index contributed by atoms with van der Waals surface area (Å²) in [4.78, 5) is 22.7. The summed E-state index contributed by atoms with van der Waals surface area (Å²) in [6.07, 6.45) is 6.94. The molecule has 0 bridgehead atoms. The zero-order chi connectivity index (χ0) is 12.0. The van der Waals surface area contributed by atoms with Crippen molar-refractivity contribution in [2.24, 2.45) is 11.8 Å². The molecule has 1 saturated carbocycles. The molecule has 0 aromatic rings. The van der Waals surface area contributed by atoms with Gasteiger partial charge in [0.25, 0.3) is 0 Å². The van der Waals surface area contributed by atoms with E-state index in [9.17, 15) is 9.59 Å². The summed E-state index contributed by atoms with van der Waals surface area (Å²) in [5.74, 6) is 5.12. The van der Waals surface area contributed by atoms with Crippen LogP contribution in [0.2, 0.25) is 0 Å². The average molecular weight is 225 g/mol. The van der Waals surface area contributed by atoms with Crippen LogP contribution in [0.3, 0.4) is 0 Å². The van der Waals surface area contributed by atoms with Gasteiger partial charge < -0.3 is 5.32 Å². The zero-order valence-corrected chi connectivity index (χ0v) is 9.53. The molecule has 0 spiro atoms. The second-order valence-corrected chi connectivity index (χ2v) is 3.95. The van der Waals surface area contributed by atoms with Gasteiger partial charge in [-0.25, -0.2) is 10.6 Å². The highest BCUT2D eigenvalue weighted by Gasteiger charge is 2.34. The van der Waals surface area contributed by atoms with Gasteiger partial charge in [-0.05, 0) is 19.3 Å². The van der Waals surface area contributed by atoms with Crippen LogP contribution < -0.4 is 16.6 Å². The summed E-state index contributed by atoms with van der Waals surface area (Å²) in [6, 6.07) is -0.512. The molecule has 0 aromatic heterocycles. The van der Waals surface area contributed by atoms with E-state index in [1.54, 1.807) is 0 Å². The predicted molar refractivity (Wildman–Crippen MR) is 61.4 cm³/mol. The topological polar surface area (TPSA) is 84.2 Å². The van der Waals surface area contributed by atoms with Crippen LogP contribution in [-0.2, 0) is 4.79 Å². The number of urea groups is 1. The first kappa shape index (κ1) is 12.7. The highest BCUT2D eigenvalue weighted by atomic mass is 16.2. The Morgan fingerprint density at radius 2 is 2.31 bits per heavy atom. The SMILES string of the molecule is CC/C=C/CC1C(=O)CCC1NC(=O)NN. The Morgan fingerprint density at radius 3 is 2.94 bits per heavy atom. The number of allylic oxidation sites excluding steroid dienone is 2. The minimum atomic E-state index is -0.427. The van der Waals surface area contributed by atoms with Crippen molar-refractivity contribution in [1.82, 2.24) is 10.7 Å². The van der Waals surface area contributed by atoms with E-state index >= 15 is 0 Å². The Labute approximate surface area is 95.4 Å². The molecule has 2 amide bonds. The maximum Gasteiger partial charge on any atom is 0.329 e. The van der Waals surface area contributed by atoms with E-state index in [-0.39, 0.29) is 17.7 Å². The second-order valence-electron chi connectivity index (χ2n) is 3.95. The number of ketones is 1. The molecule has 0 heterocycles. The Balaban J connectivity index is 2.52. The summed E-state index contributed by atoms with van der Waals surface area (Å²) in [7, 11) is 0. The molecule has 1 aliphatic carbocycles. The number of nitrogens with one attached hydrogen (secondary N) is 2. The maximum atomic E-state index is 11.6. The van der Waals surface area contributed by atoms with Crippen LogP contribution in [0.4, 0.5) is 4.79 Å². The third kappa shape index (κ3) is 3.34. The van der Waals surface area contributed by atoms with Gasteiger partial charge in [0.1, 0.15) is 5.78 Å². The third-order valence-corrected chi connectivity index (χ3v) is 2.84. The number of rotatable bonds is 4.